The quantitative estimate of drug-likeness (QED) is 0.872. The summed E-state index contributed by atoms with van der Waals surface area (Å²) in [5.74, 6) is 0.227. The molecule has 0 aliphatic heterocycles. The van der Waals surface area contributed by atoms with Crippen molar-refractivity contribution in [1.82, 2.24) is 0 Å². The predicted molar refractivity (Wildman–Crippen MR) is 67.9 cm³/mol. The van der Waals surface area contributed by atoms with E-state index in [1.807, 2.05) is 42.5 Å². The van der Waals surface area contributed by atoms with Crippen LogP contribution >= 0.6 is 0 Å². The zero-order chi connectivity index (χ0) is 12.3. The van der Waals surface area contributed by atoms with Gasteiger partial charge in [0.1, 0.15) is 11.5 Å². The van der Waals surface area contributed by atoms with E-state index in [9.17, 15) is 9.90 Å². The molecule has 1 N–H and O–H groups in total. The molecule has 0 heterocycles. The first kappa shape index (κ1) is 11.4. The first-order chi connectivity index (χ1) is 8.16. The van der Waals surface area contributed by atoms with Crippen LogP contribution in [0.2, 0.25) is 0 Å². The molecule has 0 aliphatic rings. The highest BCUT2D eigenvalue weighted by molar-refractivity contribution is 5.80. The Hall–Kier alpha value is -2.09. The lowest BCUT2D eigenvalue weighted by atomic mass is 10.00. The van der Waals surface area contributed by atoms with E-state index < -0.39 is 0 Å². The second-order valence-electron chi connectivity index (χ2n) is 4.09. The fourth-order valence-corrected chi connectivity index (χ4v) is 1.81. The number of Topliss-reactive ketones (excluding diaryl/α,β-unsaturated/α-hetero) is 1. The molecule has 0 aromatic heterocycles. The summed E-state index contributed by atoms with van der Waals surface area (Å²) in [4.78, 5) is 11.1. The molecule has 0 saturated heterocycles. The number of benzene rings is 2. The van der Waals surface area contributed by atoms with Crippen molar-refractivity contribution in [3.63, 3.8) is 0 Å². The SMILES string of the molecule is CC(=O)Cc1cc(-c2ccccc2)ccc1O. The van der Waals surface area contributed by atoms with Crippen LogP contribution in [0, 0.1) is 0 Å². The van der Waals surface area contributed by atoms with Crippen LogP contribution in [0.3, 0.4) is 0 Å². The molecule has 0 aliphatic carbocycles. The highest BCUT2D eigenvalue weighted by Crippen LogP contribution is 2.26. The molecule has 0 atom stereocenters. The van der Waals surface area contributed by atoms with Crippen LogP contribution in [-0.4, -0.2) is 10.9 Å². The van der Waals surface area contributed by atoms with Crippen LogP contribution in [0.25, 0.3) is 11.1 Å². The molecule has 2 nitrogen and oxygen atoms in total. The Balaban J connectivity index is 2.41. The second kappa shape index (κ2) is 4.83. The Kier molecular flexibility index (Phi) is 3.24. The predicted octanol–water partition coefficient (Wildman–Crippen LogP) is 3.19. The van der Waals surface area contributed by atoms with Gasteiger partial charge in [0.2, 0.25) is 0 Å². The maximum absolute atomic E-state index is 11.1. The Morgan fingerprint density at radius 3 is 2.41 bits per heavy atom. The van der Waals surface area contributed by atoms with Gasteiger partial charge in [-0.15, -0.1) is 0 Å². The molecule has 2 aromatic rings. The fourth-order valence-electron chi connectivity index (χ4n) is 1.81. The van der Waals surface area contributed by atoms with Gasteiger partial charge in [0.05, 0.1) is 0 Å². The van der Waals surface area contributed by atoms with Crippen molar-refractivity contribution in [2.45, 2.75) is 13.3 Å². The molecule has 0 unspecified atom stereocenters. The molecule has 2 heteroatoms. The van der Waals surface area contributed by atoms with E-state index in [2.05, 4.69) is 0 Å². The molecular formula is C15H14O2. The zero-order valence-corrected chi connectivity index (χ0v) is 9.68. The lowest BCUT2D eigenvalue weighted by Gasteiger charge is -2.06. The smallest absolute Gasteiger partial charge is 0.134 e. The number of aromatic hydroxyl groups is 1. The number of ketones is 1. The number of hydrogen-bond acceptors (Lipinski definition) is 2. The molecule has 0 amide bonds. The van der Waals surface area contributed by atoms with Crippen LogP contribution in [0.1, 0.15) is 12.5 Å². The minimum atomic E-state index is 0.0468. The van der Waals surface area contributed by atoms with Gasteiger partial charge in [-0.2, -0.15) is 0 Å². The first-order valence-electron chi connectivity index (χ1n) is 5.53. The Morgan fingerprint density at radius 1 is 1.06 bits per heavy atom. The topological polar surface area (TPSA) is 37.3 Å². The molecule has 0 bridgehead atoms. The van der Waals surface area contributed by atoms with E-state index in [0.717, 1.165) is 11.1 Å². The van der Waals surface area contributed by atoms with Crippen molar-refractivity contribution in [3.05, 3.63) is 54.1 Å². The zero-order valence-electron chi connectivity index (χ0n) is 9.68. The summed E-state index contributed by atoms with van der Waals surface area (Å²) >= 11 is 0. The number of phenolic OH excluding ortho intramolecular Hbond substituents is 1. The molecule has 0 fully saturated rings. The highest BCUT2D eigenvalue weighted by atomic mass is 16.3. The van der Waals surface area contributed by atoms with Gasteiger partial charge >= 0.3 is 0 Å². The summed E-state index contributed by atoms with van der Waals surface area (Å²) in [6, 6.07) is 15.3. The summed E-state index contributed by atoms with van der Waals surface area (Å²) in [6.45, 7) is 1.52. The summed E-state index contributed by atoms with van der Waals surface area (Å²) in [7, 11) is 0. The number of carbonyl (C=O) groups is 1. The molecular weight excluding hydrogens is 212 g/mol. The number of rotatable bonds is 3. The average molecular weight is 226 g/mol. The van der Waals surface area contributed by atoms with Gasteiger partial charge in [0, 0.05) is 12.0 Å². The van der Waals surface area contributed by atoms with Gasteiger partial charge in [0.15, 0.2) is 0 Å². The normalized spacial score (nSPS) is 10.2. The Bertz CT molecular complexity index is 530. The van der Waals surface area contributed by atoms with Crippen molar-refractivity contribution < 1.29 is 9.90 Å². The van der Waals surface area contributed by atoms with Crippen LogP contribution in [0.5, 0.6) is 5.75 Å². The Morgan fingerprint density at radius 2 is 1.76 bits per heavy atom. The average Bonchev–Trinajstić information content (AvgIpc) is 2.32. The van der Waals surface area contributed by atoms with Gasteiger partial charge in [-0.25, -0.2) is 0 Å². The summed E-state index contributed by atoms with van der Waals surface area (Å²) in [6.07, 6.45) is 0.270. The molecule has 86 valence electrons. The fraction of sp³-hybridized carbons (Fsp3) is 0.133. The minimum absolute atomic E-state index is 0.0468. The second-order valence-corrected chi connectivity index (χ2v) is 4.09. The third kappa shape index (κ3) is 2.72. The molecule has 0 spiro atoms. The molecule has 2 rings (SSSR count). The third-order valence-electron chi connectivity index (χ3n) is 2.63. The van der Waals surface area contributed by atoms with Gasteiger partial charge in [-0.3, -0.25) is 4.79 Å². The van der Waals surface area contributed by atoms with Crippen molar-refractivity contribution in [2.24, 2.45) is 0 Å². The lowest BCUT2D eigenvalue weighted by Crippen LogP contribution is -1.96. The van der Waals surface area contributed by atoms with Crippen LogP contribution in [0.4, 0.5) is 0 Å². The molecule has 2 aromatic carbocycles. The van der Waals surface area contributed by atoms with Crippen molar-refractivity contribution >= 4 is 5.78 Å². The van der Waals surface area contributed by atoms with E-state index in [0.29, 0.717) is 5.56 Å². The largest absolute Gasteiger partial charge is 0.508 e. The summed E-state index contributed by atoms with van der Waals surface area (Å²) in [5.41, 5.74) is 2.77. The standard InChI is InChI=1S/C15H14O2/c1-11(16)9-14-10-13(7-8-15(14)17)12-5-3-2-4-6-12/h2-8,10,17H,9H2,1H3. The number of phenols is 1. The molecule has 0 saturated carbocycles. The van der Waals surface area contributed by atoms with Gasteiger partial charge in [-0.1, -0.05) is 36.4 Å². The maximum atomic E-state index is 11.1. The van der Waals surface area contributed by atoms with E-state index in [-0.39, 0.29) is 18.0 Å². The monoisotopic (exact) mass is 226 g/mol. The van der Waals surface area contributed by atoms with Gasteiger partial charge < -0.3 is 5.11 Å². The van der Waals surface area contributed by atoms with Gasteiger partial charge in [0.25, 0.3) is 0 Å². The van der Waals surface area contributed by atoms with Gasteiger partial charge in [-0.05, 0) is 30.2 Å². The first-order valence-corrected chi connectivity index (χ1v) is 5.53. The van der Waals surface area contributed by atoms with E-state index >= 15 is 0 Å². The lowest BCUT2D eigenvalue weighted by molar-refractivity contribution is -0.116. The van der Waals surface area contributed by atoms with E-state index in [1.54, 1.807) is 6.07 Å². The summed E-state index contributed by atoms with van der Waals surface area (Å²) in [5, 5.41) is 9.68. The van der Waals surface area contributed by atoms with Crippen LogP contribution in [0.15, 0.2) is 48.5 Å². The summed E-state index contributed by atoms with van der Waals surface area (Å²) < 4.78 is 0. The van der Waals surface area contributed by atoms with Crippen molar-refractivity contribution in [2.75, 3.05) is 0 Å². The number of hydrogen-bond donors (Lipinski definition) is 1. The van der Waals surface area contributed by atoms with Crippen molar-refractivity contribution in [1.29, 1.82) is 0 Å². The number of carbonyl (C=O) groups excluding carboxylic acids is 1. The van der Waals surface area contributed by atoms with E-state index in [4.69, 9.17) is 0 Å². The van der Waals surface area contributed by atoms with E-state index in [1.165, 1.54) is 6.92 Å². The Labute approximate surface area is 101 Å². The third-order valence-corrected chi connectivity index (χ3v) is 2.63. The van der Waals surface area contributed by atoms with Crippen LogP contribution < -0.4 is 0 Å². The molecule has 17 heavy (non-hydrogen) atoms. The van der Waals surface area contributed by atoms with Crippen LogP contribution in [-0.2, 0) is 11.2 Å². The highest BCUT2D eigenvalue weighted by Gasteiger charge is 2.06. The maximum Gasteiger partial charge on any atom is 0.134 e. The van der Waals surface area contributed by atoms with Crippen molar-refractivity contribution in [3.8, 4) is 16.9 Å². The molecule has 0 radical (unpaired) electrons. The minimum Gasteiger partial charge on any atom is -0.508 e.